The quantitative estimate of drug-likeness (QED) is 0.484. The predicted molar refractivity (Wildman–Crippen MR) is 45.3 cm³/mol. The van der Waals surface area contributed by atoms with Crippen molar-refractivity contribution >= 4 is 0 Å². The SMILES string of the molecule is COC(OC)[C@@]1(O)C[C@H](O)[C@@H](CO)O1. The Kier molecular flexibility index (Phi) is 3.82. The van der Waals surface area contributed by atoms with Gasteiger partial charge in [0.25, 0.3) is 0 Å². The highest BCUT2D eigenvalue weighted by Gasteiger charge is 2.50. The summed E-state index contributed by atoms with van der Waals surface area (Å²) in [5.41, 5.74) is 0. The highest BCUT2D eigenvalue weighted by Crippen LogP contribution is 2.32. The Morgan fingerprint density at radius 3 is 2.43 bits per heavy atom. The fourth-order valence-corrected chi connectivity index (χ4v) is 1.60. The largest absolute Gasteiger partial charge is 0.394 e. The Morgan fingerprint density at radius 1 is 1.50 bits per heavy atom. The molecule has 1 saturated heterocycles. The molecule has 0 aromatic heterocycles. The van der Waals surface area contributed by atoms with Crippen LogP contribution in [0.15, 0.2) is 0 Å². The van der Waals surface area contributed by atoms with Crippen molar-refractivity contribution in [2.45, 2.75) is 30.7 Å². The van der Waals surface area contributed by atoms with Crippen molar-refractivity contribution in [1.82, 2.24) is 0 Å². The van der Waals surface area contributed by atoms with Gasteiger partial charge in [-0.25, -0.2) is 0 Å². The van der Waals surface area contributed by atoms with Crippen LogP contribution in [-0.4, -0.2) is 60.4 Å². The monoisotopic (exact) mass is 208 g/mol. The Morgan fingerprint density at radius 2 is 2.07 bits per heavy atom. The van der Waals surface area contributed by atoms with Crippen LogP contribution in [0.3, 0.4) is 0 Å². The topological polar surface area (TPSA) is 88.4 Å². The van der Waals surface area contributed by atoms with Gasteiger partial charge in [0.1, 0.15) is 6.10 Å². The first-order valence-electron chi connectivity index (χ1n) is 4.32. The summed E-state index contributed by atoms with van der Waals surface area (Å²) in [6.07, 6.45) is -2.75. The third-order valence-corrected chi connectivity index (χ3v) is 2.26. The first-order chi connectivity index (χ1) is 6.57. The van der Waals surface area contributed by atoms with Crippen molar-refractivity contribution in [2.75, 3.05) is 20.8 Å². The molecule has 6 nitrogen and oxygen atoms in total. The van der Waals surface area contributed by atoms with Gasteiger partial charge in [-0.2, -0.15) is 0 Å². The van der Waals surface area contributed by atoms with E-state index in [2.05, 4.69) is 0 Å². The maximum atomic E-state index is 9.88. The van der Waals surface area contributed by atoms with Crippen LogP contribution in [0.25, 0.3) is 0 Å². The third kappa shape index (κ3) is 2.05. The van der Waals surface area contributed by atoms with Crippen LogP contribution >= 0.6 is 0 Å². The summed E-state index contributed by atoms with van der Waals surface area (Å²) >= 11 is 0. The van der Waals surface area contributed by atoms with Crippen LogP contribution in [0.5, 0.6) is 0 Å². The van der Waals surface area contributed by atoms with Gasteiger partial charge in [-0.1, -0.05) is 0 Å². The zero-order chi connectivity index (χ0) is 10.8. The molecule has 84 valence electrons. The molecule has 3 N–H and O–H groups in total. The Bertz CT molecular complexity index is 183. The summed E-state index contributed by atoms with van der Waals surface area (Å²) in [6.45, 7) is -0.358. The molecule has 0 saturated carbocycles. The summed E-state index contributed by atoms with van der Waals surface area (Å²) in [5.74, 6) is -1.70. The van der Waals surface area contributed by atoms with Crippen molar-refractivity contribution in [3.05, 3.63) is 0 Å². The van der Waals surface area contributed by atoms with Gasteiger partial charge < -0.3 is 29.5 Å². The molecule has 1 fully saturated rings. The van der Waals surface area contributed by atoms with Crippen molar-refractivity contribution < 1.29 is 29.5 Å². The summed E-state index contributed by atoms with van der Waals surface area (Å²) in [5, 5.41) is 28.1. The molecule has 0 spiro atoms. The third-order valence-electron chi connectivity index (χ3n) is 2.26. The van der Waals surface area contributed by atoms with Crippen LogP contribution < -0.4 is 0 Å². The molecular weight excluding hydrogens is 192 g/mol. The second-order valence-electron chi connectivity index (χ2n) is 3.26. The Balaban J connectivity index is 2.68. The van der Waals surface area contributed by atoms with E-state index in [0.717, 1.165) is 0 Å². The average molecular weight is 208 g/mol. The van der Waals surface area contributed by atoms with E-state index in [1.807, 2.05) is 0 Å². The fourth-order valence-electron chi connectivity index (χ4n) is 1.60. The minimum absolute atomic E-state index is 0.0510. The number of ether oxygens (including phenoxy) is 3. The Labute approximate surface area is 82.0 Å². The molecule has 0 unspecified atom stereocenters. The molecule has 1 rings (SSSR count). The van der Waals surface area contributed by atoms with Crippen molar-refractivity contribution in [3.8, 4) is 0 Å². The lowest BCUT2D eigenvalue weighted by atomic mass is 10.1. The van der Waals surface area contributed by atoms with E-state index >= 15 is 0 Å². The van der Waals surface area contributed by atoms with E-state index in [0.29, 0.717) is 0 Å². The molecule has 3 atom stereocenters. The summed E-state index contributed by atoms with van der Waals surface area (Å²) in [7, 11) is 2.71. The van der Waals surface area contributed by atoms with Gasteiger partial charge >= 0.3 is 0 Å². The van der Waals surface area contributed by atoms with E-state index in [9.17, 15) is 10.2 Å². The number of aliphatic hydroxyl groups is 3. The second kappa shape index (κ2) is 4.52. The zero-order valence-corrected chi connectivity index (χ0v) is 8.21. The minimum atomic E-state index is -1.70. The summed E-state index contributed by atoms with van der Waals surface area (Å²) < 4.78 is 14.7. The van der Waals surface area contributed by atoms with Crippen LogP contribution in [-0.2, 0) is 14.2 Å². The first kappa shape index (κ1) is 11.8. The highest BCUT2D eigenvalue weighted by molar-refractivity contribution is 4.88. The fraction of sp³-hybridized carbons (Fsp3) is 1.00. The van der Waals surface area contributed by atoms with Gasteiger partial charge in [-0.15, -0.1) is 0 Å². The van der Waals surface area contributed by atoms with Crippen molar-refractivity contribution in [2.24, 2.45) is 0 Å². The van der Waals surface area contributed by atoms with Crippen LogP contribution in [0.1, 0.15) is 6.42 Å². The van der Waals surface area contributed by atoms with Crippen molar-refractivity contribution in [1.29, 1.82) is 0 Å². The van der Waals surface area contributed by atoms with Crippen LogP contribution in [0.2, 0.25) is 0 Å². The molecule has 1 aliphatic rings. The Hall–Kier alpha value is -0.240. The van der Waals surface area contributed by atoms with E-state index in [4.69, 9.17) is 19.3 Å². The number of hydrogen-bond donors (Lipinski definition) is 3. The van der Waals surface area contributed by atoms with E-state index in [-0.39, 0.29) is 13.0 Å². The summed E-state index contributed by atoms with van der Waals surface area (Å²) in [6, 6.07) is 0. The number of aliphatic hydroxyl groups excluding tert-OH is 2. The lowest BCUT2D eigenvalue weighted by molar-refractivity contribution is -0.317. The second-order valence-corrected chi connectivity index (χ2v) is 3.26. The van der Waals surface area contributed by atoms with E-state index in [1.54, 1.807) is 0 Å². The molecule has 1 heterocycles. The molecular formula is C8H16O6. The molecule has 0 amide bonds. The van der Waals surface area contributed by atoms with Gasteiger partial charge in [0.05, 0.1) is 12.7 Å². The highest BCUT2D eigenvalue weighted by atomic mass is 16.7. The predicted octanol–water partition coefficient (Wildman–Crippen LogP) is -1.56. The van der Waals surface area contributed by atoms with Crippen LogP contribution in [0.4, 0.5) is 0 Å². The summed E-state index contributed by atoms with van der Waals surface area (Å²) in [4.78, 5) is 0. The minimum Gasteiger partial charge on any atom is -0.394 e. The molecule has 6 heteroatoms. The number of rotatable bonds is 4. The molecule has 0 bridgehead atoms. The zero-order valence-electron chi connectivity index (χ0n) is 8.21. The average Bonchev–Trinajstić information content (AvgIpc) is 2.44. The van der Waals surface area contributed by atoms with E-state index in [1.165, 1.54) is 14.2 Å². The van der Waals surface area contributed by atoms with Crippen LogP contribution in [0, 0.1) is 0 Å². The number of hydrogen-bond acceptors (Lipinski definition) is 6. The molecule has 0 aromatic rings. The van der Waals surface area contributed by atoms with Gasteiger partial charge in [0, 0.05) is 20.6 Å². The first-order valence-corrected chi connectivity index (χ1v) is 4.32. The van der Waals surface area contributed by atoms with Gasteiger partial charge in [-0.05, 0) is 0 Å². The molecule has 14 heavy (non-hydrogen) atoms. The maximum absolute atomic E-state index is 9.88. The lowest BCUT2D eigenvalue weighted by Gasteiger charge is -2.29. The van der Waals surface area contributed by atoms with Crippen molar-refractivity contribution in [3.63, 3.8) is 0 Å². The molecule has 0 radical (unpaired) electrons. The molecule has 1 aliphatic heterocycles. The maximum Gasteiger partial charge on any atom is 0.221 e. The normalized spacial score (nSPS) is 38.1. The molecule has 0 aromatic carbocycles. The lowest BCUT2D eigenvalue weighted by Crippen LogP contribution is -2.45. The standard InChI is InChI=1S/C8H16O6/c1-12-7(13-2)8(11)3-5(10)6(4-9)14-8/h5-7,9-11H,3-4H2,1-2H3/t5-,6+,8+/m0/s1. The van der Waals surface area contributed by atoms with Gasteiger partial charge in [0.2, 0.25) is 12.1 Å². The van der Waals surface area contributed by atoms with Gasteiger partial charge in [0.15, 0.2) is 0 Å². The molecule has 0 aliphatic carbocycles. The van der Waals surface area contributed by atoms with Gasteiger partial charge in [-0.3, -0.25) is 0 Å². The smallest absolute Gasteiger partial charge is 0.221 e. The number of methoxy groups -OCH3 is 2. The van der Waals surface area contributed by atoms with E-state index < -0.39 is 24.3 Å².